The molecule has 0 amide bonds. The zero-order valence-corrected chi connectivity index (χ0v) is 3.86. The van der Waals surface area contributed by atoms with Crippen LogP contribution in [0, 0.1) is 0 Å². The minimum absolute atomic E-state index is 0.998. The van der Waals surface area contributed by atoms with E-state index >= 15 is 0 Å². The Bertz CT molecular complexity index is 111. The van der Waals surface area contributed by atoms with E-state index < -0.39 is 0 Å². The van der Waals surface area contributed by atoms with Crippen molar-refractivity contribution < 1.29 is 0 Å². The third-order valence-electron chi connectivity index (χ3n) is 0.998. The molecule has 1 heteroatoms. The Balaban J connectivity index is 2.42. The van der Waals surface area contributed by atoms with Gasteiger partial charge < -0.3 is 0 Å². The van der Waals surface area contributed by atoms with Gasteiger partial charge in [0, 0.05) is 0 Å². The summed E-state index contributed by atoms with van der Waals surface area (Å²) in [5.41, 5.74) is 2.33. The van der Waals surface area contributed by atoms with Crippen molar-refractivity contribution in [1.29, 1.82) is 0 Å². The van der Waals surface area contributed by atoms with Gasteiger partial charge in [0.25, 0.3) is 0 Å². The maximum absolute atomic E-state index is 5.30. The van der Waals surface area contributed by atoms with Crippen LogP contribution < -0.4 is 0 Å². The molecule has 29 valence electrons. The third kappa shape index (κ3) is 0.446. The molecule has 0 spiro atoms. The summed E-state index contributed by atoms with van der Waals surface area (Å²) in [5.74, 6) is 0. The first-order chi connectivity index (χ1) is 2.84. The molecule has 0 fully saturated rings. The molecule has 0 aromatic carbocycles. The quantitative estimate of drug-likeness (QED) is 0.403. The molecule has 0 saturated heterocycles. The topological polar surface area (TPSA) is 0 Å². The maximum atomic E-state index is 5.30. The fraction of sp³-hybridized carbons (Fsp3) is 0.400. The van der Waals surface area contributed by atoms with Gasteiger partial charge in [-0.3, -0.25) is 0 Å². The van der Waals surface area contributed by atoms with Gasteiger partial charge in [-0.1, -0.05) is 0 Å². The molecule has 1 rings (SSSR count). The van der Waals surface area contributed by atoms with Crippen molar-refractivity contribution in [2.75, 3.05) is 0 Å². The van der Waals surface area contributed by atoms with E-state index in [0.717, 1.165) is 11.9 Å². The molecule has 0 N–H and O–H groups in total. The summed E-state index contributed by atoms with van der Waals surface area (Å²) < 4.78 is 0. The van der Waals surface area contributed by atoms with Crippen LogP contribution in [0.15, 0.2) is 11.6 Å². The average molecular weight is 76.9 g/mol. The van der Waals surface area contributed by atoms with E-state index in [9.17, 15) is 0 Å². The van der Waals surface area contributed by atoms with Crippen molar-refractivity contribution in [3.05, 3.63) is 11.6 Å². The molecule has 0 saturated carbocycles. The van der Waals surface area contributed by atoms with Crippen LogP contribution in [0.4, 0.5) is 0 Å². The summed E-state index contributed by atoms with van der Waals surface area (Å²) in [7, 11) is 5.30. The first-order valence-corrected chi connectivity index (χ1v) is 2.18. The Morgan fingerprint density at radius 2 is 2.33 bits per heavy atom. The Morgan fingerprint density at radius 3 is 2.33 bits per heavy atom. The monoisotopic (exact) mass is 77.1 g/mol. The van der Waals surface area contributed by atoms with Gasteiger partial charge in [-0.15, -0.1) is 0 Å². The summed E-state index contributed by atoms with van der Waals surface area (Å²) in [6.45, 7) is 2.10. The van der Waals surface area contributed by atoms with Gasteiger partial charge >= 0.3 is 37.9 Å². The van der Waals surface area contributed by atoms with Crippen LogP contribution in [0.25, 0.3) is 0 Å². The fourth-order valence-electron chi connectivity index (χ4n) is 0.458. The Hall–Kier alpha value is -0.325. The Kier molecular flexibility index (Phi) is 0.688. The summed E-state index contributed by atoms with van der Waals surface area (Å²) in [6.07, 6.45) is 3.10. The molecule has 0 unspecified atom stereocenters. The zero-order chi connectivity index (χ0) is 4.57. The second-order valence-electron chi connectivity index (χ2n) is 1.48. The van der Waals surface area contributed by atoms with E-state index in [2.05, 4.69) is 6.92 Å². The summed E-state index contributed by atoms with van der Waals surface area (Å²) in [5, 5.41) is 0. The normalized spacial score (nSPS) is 17.3. The van der Waals surface area contributed by atoms with Crippen molar-refractivity contribution in [2.24, 2.45) is 0 Å². The van der Waals surface area contributed by atoms with E-state index in [-0.39, 0.29) is 0 Å². The standard InChI is InChI=1S/C5H6B/c1-2-4-3-5(4)6/h3H,2H2,1H3. The summed E-state index contributed by atoms with van der Waals surface area (Å²) in [4.78, 5) is 0. The van der Waals surface area contributed by atoms with Crippen molar-refractivity contribution in [2.45, 2.75) is 13.3 Å². The molecule has 1 aliphatic carbocycles. The molecule has 1 radical (unpaired) electrons. The predicted octanol–water partition coefficient (Wildman–Crippen LogP) is 0.677. The van der Waals surface area contributed by atoms with Crippen molar-refractivity contribution >= 4 is 13.0 Å². The number of allylic oxidation sites excluding steroid dienone is 2. The van der Waals surface area contributed by atoms with E-state index in [1.807, 2.05) is 6.08 Å². The number of hydrogen-bond acceptors (Lipinski definition) is 0. The van der Waals surface area contributed by atoms with E-state index in [0.29, 0.717) is 0 Å². The second kappa shape index (κ2) is 1.07. The minimum atomic E-state index is 0.998. The molecule has 0 bridgehead atoms. The van der Waals surface area contributed by atoms with Crippen LogP contribution in [-0.4, -0.2) is 13.0 Å². The van der Waals surface area contributed by atoms with E-state index in [4.69, 9.17) is 7.49 Å². The van der Waals surface area contributed by atoms with Crippen LogP contribution in [0.5, 0.6) is 0 Å². The van der Waals surface area contributed by atoms with Gasteiger partial charge in [-0.2, -0.15) is 0 Å². The van der Waals surface area contributed by atoms with Crippen LogP contribution in [0.2, 0.25) is 0 Å². The molecule has 0 aromatic heterocycles. The van der Waals surface area contributed by atoms with Crippen molar-refractivity contribution in [3.8, 4) is 0 Å². The van der Waals surface area contributed by atoms with Crippen LogP contribution in [0.1, 0.15) is 13.3 Å². The molecule has 0 aliphatic heterocycles. The van der Waals surface area contributed by atoms with E-state index in [1.54, 1.807) is 0 Å². The predicted molar refractivity (Wildman–Crippen MR) is 29.1 cm³/mol. The van der Waals surface area contributed by atoms with Crippen LogP contribution in [0.3, 0.4) is 0 Å². The average Bonchev–Trinajstić information content (AvgIpc) is 2.19. The molecule has 0 atom stereocenters. The molecular weight excluding hydrogens is 70.9 g/mol. The molecular formula is C5H6B. The van der Waals surface area contributed by atoms with Gasteiger partial charge in [0.15, 0.2) is 0 Å². The molecule has 0 heterocycles. The molecule has 6 heavy (non-hydrogen) atoms. The van der Waals surface area contributed by atoms with Crippen molar-refractivity contribution in [3.63, 3.8) is 0 Å². The van der Waals surface area contributed by atoms with Gasteiger partial charge in [-0.05, 0) is 0 Å². The van der Waals surface area contributed by atoms with Crippen molar-refractivity contribution in [1.82, 2.24) is 0 Å². The molecule has 0 aromatic rings. The fourth-order valence-corrected chi connectivity index (χ4v) is 0.458. The molecule has 0 nitrogen and oxygen atoms in total. The zero-order valence-electron chi connectivity index (χ0n) is 3.86. The summed E-state index contributed by atoms with van der Waals surface area (Å²) in [6, 6.07) is 0. The SMILES string of the molecule is [B]=C1C=C1CC. The van der Waals surface area contributed by atoms with E-state index in [1.165, 1.54) is 5.57 Å². The Morgan fingerprint density at radius 1 is 1.83 bits per heavy atom. The van der Waals surface area contributed by atoms with Gasteiger partial charge in [0.2, 0.25) is 0 Å². The Labute approximate surface area is 38.9 Å². The first kappa shape index (κ1) is 3.85. The van der Waals surface area contributed by atoms with Gasteiger partial charge in [0.1, 0.15) is 0 Å². The van der Waals surface area contributed by atoms with Gasteiger partial charge in [0.05, 0.1) is 0 Å². The number of hydrogen-bond donors (Lipinski definition) is 0. The second-order valence-corrected chi connectivity index (χ2v) is 1.48. The number of rotatable bonds is 1. The third-order valence-corrected chi connectivity index (χ3v) is 0.998. The van der Waals surface area contributed by atoms with Crippen LogP contribution >= 0.6 is 0 Å². The van der Waals surface area contributed by atoms with Gasteiger partial charge in [-0.25, -0.2) is 0 Å². The first-order valence-electron chi connectivity index (χ1n) is 2.18. The summed E-state index contributed by atoms with van der Waals surface area (Å²) >= 11 is 0. The molecule has 1 aliphatic rings. The van der Waals surface area contributed by atoms with Crippen LogP contribution in [-0.2, 0) is 0 Å².